The summed E-state index contributed by atoms with van der Waals surface area (Å²) in [6.45, 7) is 3.84. The molecule has 3 N–H and O–H groups in total. The number of pyridine rings is 1. The molecule has 5 heteroatoms. The Bertz CT molecular complexity index is 328. The number of primary amides is 1. The van der Waals surface area contributed by atoms with Gasteiger partial charge < -0.3 is 15.8 Å². The minimum Gasteiger partial charge on any atom is -0.382 e. The number of nitrogens with zero attached hydrogens (tertiary/aromatic N) is 1. The van der Waals surface area contributed by atoms with Gasteiger partial charge in [-0.1, -0.05) is 0 Å². The van der Waals surface area contributed by atoms with Gasteiger partial charge in [0.05, 0.1) is 17.9 Å². The third-order valence-electron chi connectivity index (χ3n) is 1.85. The Kier molecular flexibility index (Phi) is 4.56. The zero-order valence-corrected chi connectivity index (χ0v) is 8.69. The molecule has 5 nitrogen and oxygen atoms in total. The first-order valence-corrected chi connectivity index (χ1v) is 4.81. The van der Waals surface area contributed by atoms with E-state index in [1.807, 2.05) is 6.92 Å². The van der Waals surface area contributed by atoms with Crippen molar-refractivity contribution in [2.45, 2.75) is 6.92 Å². The minimum absolute atomic E-state index is 0.397. The molecule has 0 spiro atoms. The minimum atomic E-state index is -0.484. The molecule has 0 radical (unpaired) electrons. The molecule has 0 saturated carbocycles. The first-order valence-electron chi connectivity index (χ1n) is 4.81. The second kappa shape index (κ2) is 5.98. The molecule has 1 amide bonds. The van der Waals surface area contributed by atoms with Crippen molar-refractivity contribution in [3.63, 3.8) is 0 Å². The zero-order valence-electron chi connectivity index (χ0n) is 8.69. The lowest BCUT2D eigenvalue weighted by atomic mass is 10.2. The van der Waals surface area contributed by atoms with E-state index in [0.29, 0.717) is 31.0 Å². The Morgan fingerprint density at radius 2 is 2.47 bits per heavy atom. The lowest BCUT2D eigenvalue weighted by Crippen LogP contribution is -2.16. The van der Waals surface area contributed by atoms with Crippen molar-refractivity contribution < 1.29 is 9.53 Å². The van der Waals surface area contributed by atoms with Crippen LogP contribution < -0.4 is 11.1 Å². The summed E-state index contributed by atoms with van der Waals surface area (Å²) in [6, 6.07) is 1.71. The van der Waals surface area contributed by atoms with Gasteiger partial charge in [0.25, 0.3) is 5.91 Å². The molecular formula is C10H15N3O2. The van der Waals surface area contributed by atoms with Crippen molar-refractivity contribution in [1.29, 1.82) is 0 Å². The molecule has 1 heterocycles. The summed E-state index contributed by atoms with van der Waals surface area (Å²) in [5, 5.41) is 3.06. The molecule has 0 aromatic carbocycles. The summed E-state index contributed by atoms with van der Waals surface area (Å²) in [5.74, 6) is -0.484. The number of carbonyl (C=O) groups excluding carboxylic acids is 1. The summed E-state index contributed by atoms with van der Waals surface area (Å²) < 4.78 is 5.16. The normalized spacial score (nSPS) is 9.93. The molecule has 0 saturated heterocycles. The molecule has 82 valence electrons. The van der Waals surface area contributed by atoms with Gasteiger partial charge in [-0.25, -0.2) is 0 Å². The predicted octanol–water partition coefficient (Wildman–Crippen LogP) is 0.629. The SMILES string of the molecule is CCOCCNc1ccncc1C(N)=O. The summed E-state index contributed by atoms with van der Waals surface area (Å²) in [7, 11) is 0. The van der Waals surface area contributed by atoms with Gasteiger partial charge in [0.2, 0.25) is 0 Å². The molecule has 0 aliphatic rings. The first-order chi connectivity index (χ1) is 7.25. The quantitative estimate of drug-likeness (QED) is 0.674. The molecule has 1 rings (SSSR count). The van der Waals surface area contributed by atoms with Crippen LogP contribution in [0.15, 0.2) is 18.5 Å². The van der Waals surface area contributed by atoms with E-state index >= 15 is 0 Å². The topological polar surface area (TPSA) is 77.2 Å². The van der Waals surface area contributed by atoms with E-state index in [9.17, 15) is 4.79 Å². The average molecular weight is 209 g/mol. The maximum absolute atomic E-state index is 11.0. The van der Waals surface area contributed by atoms with Crippen LogP contribution in [0.25, 0.3) is 0 Å². The number of amides is 1. The Balaban J connectivity index is 2.56. The number of rotatable bonds is 6. The van der Waals surface area contributed by atoms with Crippen molar-refractivity contribution in [1.82, 2.24) is 4.98 Å². The van der Waals surface area contributed by atoms with Gasteiger partial charge in [-0.15, -0.1) is 0 Å². The van der Waals surface area contributed by atoms with Gasteiger partial charge in [0.15, 0.2) is 0 Å². The monoisotopic (exact) mass is 209 g/mol. The molecule has 0 bridgehead atoms. The van der Waals surface area contributed by atoms with E-state index in [1.54, 1.807) is 12.3 Å². The number of nitrogens with one attached hydrogen (secondary N) is 1. The smallest absolute Gasteiger partial charge is 0.252 e. The van der Waals surface area contributed by atoms with E-state index < -0.39 is 5.91 Å². The third-order valence-corrected chi connectivity index (χ3v) is 1.85. The van der Waals surface area contributed by atoms with Gasteiger partial charge in [-0.05, 0) is 13.0 Å². The van der Waals surface area contributed by atoms with Gasteiger partial charge in [0, 0.05) is 25.5 Å². The second-order valence-corrected chi connectivity index (χ2v) is 2.91. The van der Waals surface area contributed by atoms with E-state index in [0.717, 1.165) is 0 Å². The standard InChI is InChI=1S/C10H15N3O2/c1-2-15-6-5-13-9-3-4-12-7-8(9)10(11)14/h3-4,7H,2,5-6H2,1H3,(H2,11,14)(H,12,13). The number of hydrogen-bond acceptors (Lipinski definition) is 4. The van der Waals surface area contributed by atoms with Gasteiger partial charge in [0.1, 0.15) is 0 Å². The Hall–Kier alpha value is -1.62. The molecule has 0 fully saturated rings. The Labute approximate surface area is 88.6 Å². The first kappa shape index (κ1) is 11.5. The Morgan fingerprint density at radius 1 is 1.67 bits per heavy atom. The van der Waals surface area contributed by atoms with E-state index in [2.05, 4.69) is 10.3 Å². The highest BCUT2D eigenvalue weighted by atomic mass is 16.5. The van der Waals surface area contributed by atoms with Gasteiger partial charge >= 0.3 is 0 Å². The number of carbonyl (C=O) groups is 1. The van der Waals surface area contributed by atoms with Gasteiger partial charge in [-0.3, -0.25) is 9.78 Å². The highest BCUT2D eigenvalue weighted by Gasteiger charge is 2.06. The third kappa shape index (κ3) is 3.55. The lowest BCUT2D eigenvalue weighted by Gasteiger charge is -2.08. The number of aromatic nitrogens is 1. The maximum atomic E-state index is 11.0. The fourth-order valence-corrected chi connectivity index (χ4v) is 1.15. The van der Waals surface area contributed by atoms with Crippen LogP contribution in [-0.4, -0.2) is 30.6 Å². The van der Waals surface area contributed by atoms with Crippen molar-refractivity contribution in [3.8, 4) is 0 Å². The van der Waals surface area contributed by atoms with Crippen LogP contribution >= 0.6 is 0 Å². The molecule has 0 atom stereocenters. The molecular weight excluding hydrogens is 194 g/mol. The van der Waals surface area contributed by atoms with Crippen LogP contribution in [0.1, 0.15) is 17.3 Å². The van der Waals surface area contributed by atoms with Crippen LogP contribution in [0.2, 0.25) is 0 Å². The van der Waals surface area contributed by atoms with Crippen LogP contribution in [-0.2, 0) is 4.74 Å². The second-order valence-electron chi connectivity index (χ2n) is 2.91. The summed E-state index contributed by atoms with van der Waals surface area (Å²) in [5.41, 5.74) is 6.28. The summed E-state index contributed by atoms with van der Waals surface area (Å²) >= 11 is 0. The molecule has 0 aliphatic heterocycles. The molecule has 15 heavy (non-hydrogen) atoms. The van der Waals surface area contributed by atoms with E-state index in [4.69, 9.17) is 10.5 Å². The van der Waals surface area contributed by atoms with Crippen LogP contribution in [0, 0.1) is 0 Å². The molecule has 1 aromatic rings. The average Bonchev–Trinajstić information content (AvgIpc) is 2.25. The van der Waals surface area contributed by atoms with Crippen molar-refractivity contribution in [2.24, 2.45) is 5.73 Å². The molecule has 0 unspecified atom stereocenters. The summed E-state index contributed by atoms with van der Waals surface area (Å²) in [4.78, 5) is 14.9. The fourth-order valence-electron chi connectivity index (χ4n) is 1.15. The van der Waals surface area contributed by atoms with Gasteiger partial charge in [-0.2, -0.15) is 0 Å². The predicted molar refractivity (Wildman–Crippen MR) is 57.7 cm³/mol. The number of nitrogens with two attached hydrogens (primary N) is 1. The van der Waals surface area contributed by atoms with Crippen molar-refractivity contribution >= 4 is 11.6 Å². The molecule has 1 aromatic heterocycles. The highest BCUT2D eigenvalue weighted by molar-refractivity contribution is 5.98. The lowest BCUT2D eigenvalue weighted by molar-refractivity contribution is 0.100. The van der Waals surface area contributed by atoms with E-state index in [-0.39, 0.29) is 0 Å². The number of hydrogen-bond donors (Lipinski definition) is 2. The fraction of sp³-hybridized carbons (Fsp3) is 0.400. The highest BCUT2D eigenvalue weighted by Crippen LogP contribution is 2.11. The summed E-state index contributed by atoms with van der Waals surface area (Å²) in [6.07, 6.45) is 3.06. The zero-order chi connectivity index (χ0) is 11.1. The van der Waals surface area contributed by atoms with Crippen LogP contribution in [0.4, 0.5) is 5.69 Å². The van der Waals surface area contributed by atoms with Crippen molar-refractivity contribution in [3.05, 3.63) is 24.0 Å². The van der Waals surface area contributed by atoms with Crippen LogP contribution in [0.3, 0.4) is 0 Å². The maximum Gasteiger partial charge on any atom is 0.252 e. The van der Waals surface area contributed by atoms with Crippen molar-refractivity contribution in [2.75, 3.05) is 25.1 Å². The number of anilines is 1. The number of ether oxygens (including phenoxy) is 1. The Morgan fingerprint density at radius 3 is 3.13 bits per heavy atom. The van der Waals surface area contributed by atoms with Crippen LogP contribution in [0.5, 0.6) is 0 Å². The molecule has 0 aliphatic carbocycles. The largest absolute Gasteiger partial charge is 0.382 e. The van der Waals surface area contributed by atoms with E-state index in [1.165, 1.54) is 6.20 Å².